The molecule has 0 unspecified atom stereocenters. The molecule has 21 heavy (non-hydrogen) atoms. The van der Waals surface area contributed by atoms with Crippen molar-refractivity contribution in [2.75, 3.05) is 4.72 Å². The Labute approximate surface area is 126 Å². The van der Waals surface area contributed by atoms with E-state index < -0.39 is 16.0 Å². The highest BCUT2D eigenvalue weighted by Gasteiger charge is 2.18. The van der Waals surface area contributed by atoms with E-state index in [-0.39, 0.29) is 10.6 Å². The Morgan fingerprint density at radius 1 is 1.29 bits per heavy atom. The largest absolute Gasteiger partial charge is 0.478 e. The predicted molar refractivity (Wildman–Crippen MR) is 78.2 cm³/mol. The molecule has 0 bridgehead atoms. The van der Waals surface area contributed by atoms with Crippen LogP contribution in [0.5, 0.6) is 0 Å². The van der Waals surface area contributed by atoms with Crippen LogP contribution in [0.2, 0.25) is 5.02 Å². The summed E-state index contributed by atoms with van der Waals surface area (Å²) < 4.78 is 26.7. The number of nitrogens with one attached hydrogen (secondary N) is 1. The molecule has 8 heteroatoms. The maximum atomic E-state index is 12.2. The number of anilines is 1. The standard InChI is InChI=1S/C13H11ClN2O4S/c1-8-10(14)3-2-4-11(8)16-21(19,20)12-6-5-9(7-15-12)13(17)18/h2-7,16H,1H3,(H,17,18). The molecule has 0 aliphatic rings. The summed E-state index contributed by atoms with van der Waals surface area (Å²) in [5, 5.41) is 8.92. The Hall–Kier alpha value is -2.12. The van der Waals surface area contributed by atoms with Gasteiger partial charge in [0, 0.05) is 11.2 Å². The highest BCUT2D eigenvalue weighted by Crippen LogP contribution is 2.25. The average Bonchev–Trinajstić information content (AvgIpc) is 2.44. The van der Waals surface area contributed by atoms with E-state index in [1.807, 2.05) is 0 Å². The number of benzene rings is 1. The third kappa shape index (κ3) is 3.32. The number of halogens is 1. The molecule has 110 valence electrons. The average molecular weight is 327 g/mol. The summed E-state index contributed by atoms with van der Waals surface area (Å²) in [6.45, 7) is 1.68. The third-order valence-electron chi connectivity index (χ3n) is 2.77. The van der Waals surface area contributed by atoms with E-state index in [0.717, 1.165) is 12.3 Å². The summed E-state index contributed by atoms with van der Waals surface area (Å²) in [6, 6.07) is 7.15. The molecule has 2 rings (SSSR count). The number of rotatable bonds is 4. The minimum Gasteiger partial charge on any atom is -0.478 e. The molecule has 0 amide bonds. The van der Waals surface area contributed by atoms with Crippen molar-refractivity contribution >= 4 is 33.3 Å². The summed E-state index contributed by atoms with van der Waals surface area (Å²) in [4.78, 5) is 14.4. The van der Waals surface area contributed by atoms with Crippen LogP contribution in [0.25, 0.3) is 0 Å². The molecule has 0 atom stereocenters. The molecule has 0 fully saturated rings. The van der Waals surface area contributed by atoms with Crippen molar-refractivity contribution in [2.45, 2.75) is 11.9 Å². The molecule has 0 saturated carbocycles. The Kier molecular flexibility index (Phi) is 4.15. The normalized spacial score (nSPS) is 11.1. The van der Waals surface area contributed by atoms with E-state index in [1.165, 1.54) is 6.07 Å². The van der Waals surface area contributed by atoms with Crippen LogP contribution in [0.3, 0.4) is 0 Å². The van der Waals surface area contributed by atoms with Gasteiger partial charge in [0.05, 0.1) is 11.3 Å². The maximum Gasteiger partial charge on any atom is 0.337 e. The number of aromatic carboxylic acids is 1. The van der Waals surface area contributed by atoms with Crippen molar-refractivity contribution < 1.29 is 18.3 Å². The zero-order valence-corrected chi connectivity index (χ0v) is 12.4. The van der Waals surface area contributed by atoms with Gasteiger partial charge in [-0.2, -0.15) is 8.42 Å². The molecule has 0 saturated heterocycles. The lowest BCUT2D eigenvalue weighted by Gasteiger charge is -2.10. The van der Waals surface area contributed by atoms with E-state index in [0.29, 0.717) is 16.3 Å². The van der Waals surface area contributed by atoms with Crippen LogP contribution in [0, 0.1) is 6.92 Å². The zero-order chi connectivity index (χ0) is 15.6. The topological polar surface area (TPSA) is 96.4 Å². The maximum absolute atomic E-state index is 12.2. The number of sulfonamides is 1. The Bertz CT molecular complexity index is 788. The van der Waals surface area contributed by atoms with Gasteiger partial charge >= 0.3 is 5.97 Å². The second-order valence-corrected chi connectivity index (χ2v) is 6.24. The van der Waals surface area contributed by atoms with E-state index in [4.69, 9.17) is 16.7 Å². The van der Waals surface area contributed by atoms with Crippen molar-refractivity contribution in [2.24, 2.45) is 0 Å². The van der Waals surface area contributed by atoms with Gasteiger partial charge in [-0.05, 0) is 36.8 Å². The number of carboxylic acid groups (broad SMARTS) is 1. The van der Waals surface area contributed by atoms with Gasteiger partial charge in [0.1, 0.15) is 0 Å². The first-order valence-electron chi connectivity index (χ1n) is 5.78. The van der Waals surface area contributed by atoms with Gasteiger partial charge in [0.15, 0.2) is 5.03 Å². The molecule has 0 aliphatic heterocycles. The van der Waals surface area contributed by atoms with Gasteiger partial charge in [-0.3, -0.25) is 4.72 Å². The summed E-state index contributed by atoms with van der Waals surface area (Å²) in [5.74, 6) is -1.18. The Morgan fingerprint density at radius 2 is 2.00 bits per heavy atom. The first-order valence-corrected chi connectivity index (χ1v) is 7.64. The SMILES string of the molecule is Cc1c(Cl)cccc1NS(=O)(=O)c1ccc(C(=O)O)cn1. The molecule has 1 aromatic heterocycles. The van der Waals surface area contributed by atoms with Crippen LogP contribution >= 0.6 is 11.6 Å². The van der Waals surface area contributed by atoms with Crippen molar-refractivity contribution in [1.29, 1.82) is 0 Å². The Balaban J connectivity index is 2.34. The van der Waals surface area contributed by atoms with E-state index in [9.17, 15) is 13.2 Å². The second-order valence-electron chi connectivity index (χ2n) is 4.21. The van der Waals surface area contributed by atoms with Crippen molar-refractivity contribution in [1.82, 2.24) is 4.98 Å². The summed E-state index contributed by atoms with van der Waals surface area (Å²) in [7, 11) is -3.91. The number of carboxylic acids is 1. The quantitative estimate of drug-likeness (QED) is 0.900. The summed E-state index contributed by atoms with van der Waals surface area (Å²) >= 11 is 5.93. The Morgan fingerprint density at radius 3 is 2.57 bits per heavy atom. The predicted octanol–water partition coefficient (Wildman–Crippen LogP) is 2.54. The van der Waals surface area contributed by atoms with Gasteiger partial charge in [-0.25, -0.2) is 9.78 Å². The summed E-state index contributed by atoms with van der Waals surface area (Å²) in [6.07, 6.45) is 0.988. The number of carbonyl (C=O) groups is 1. The number of hydrogen-bond acceptors (Lipinski definition) is 4. The fourth-order valence-corrected chi connectivity index (χ4v) is 2.81. The summed E-state index contributed by atoms with van der Waals surface area (Å²) in [5.41, 5.74) is 0.837. The molecule has 0 radical (unpaired) electrons. The molecule has 2 N–H and O–H groups in total. The molecular formula is C13H11ClN2O4S. The van der Waals surface area contributed by atoms with Crippen LogP contribution in [-0.4, -0.2) is 24.5 Å². The fourth-order valence-electron chi connectivity index (χ4n) is 1.58. The monoisotopic (exact) mass is 326 g/mol. The minimum atomic E-state index is -3.91. The van der Waals surface area contributed by atoms with Crippen LogP contribution in [-0.2, 0) is 10.0 Å². The van der Waals surface area contributed by atoms with Crippen LogP contribution in [0.1, 0.15) is 15.9 Å². The lowest BCUT2D eigenvalue weighted by molar-refractivity contribution is 0.0696. The molecule has 1 heterocycles. The molecule has 0 spiro atoms. The highest BCUT2D eigenvalue weighted by molar-refractivity contribution is 7.92. The molecule has 2 aromatic rings. The number of pyridine rings is 1. The van der Waals surface area contributed by atoms with Crippen molar-refractivity contribution in [3.05, 3.63) is 52.7 Å². The van der Waals surface area contributed by atoms with Gasteiger partial charge < -0.3 is 5.11 Å². The molecule has 1 aromatic carbocycles. The van der Waals surface area contributed by atoms with E-state index in [2.05, 4.69) is 9.71 Å². The zero-order valence-electron chi connectivity index (χ0n) is 10.9. The van der Waals surface area contributed by atoms with E-state index >= 15 is 0 Å². The smallest absolute Gasteiger partial charge is 0.337 e. The van der Waals surface area contributed by atoms with Gasteiger partial charge in [0.25, 0.3) is 10.0 Å². The van der Waals surface area contributed by atoms with E-state index in [1.54, 1.807) is 25.1 Å². The molecular weight excluding hydrogens is 316 g/mol. The van der Waals surface area contributed by atoms with Crippen molar-refractivity contribution in [3.63, 3.8) is 0 Å². The van der Waals surface area contributed by atoms with Crippen LogP contribution < -0.4 is 4.72 Å². The fraction of sp³-hybridized carbons (Fsp3) is 0.0769. The van der Waals surface area contributed by atoms with Crippen molar-refractivity contribution in [3.8, 4) is 0 Å². The van der Waals surface area contributed by atoms with Crippen LogP contribution in [0.4, 0.5) is 5.69 Å². The third-order valence-corrected chi connectivity index (χ3v) is 4.46. The number of hydrogen-bond donors (Lipinski definition) is 2. The van der Waals surface area contributed by atoms with Gasteiger partial charge in [0.2, 0.25) is 0 Å². The lowest BCUT2D eigenvalue weighted by Crippen LogP contribution is -2.15. The van der Waals surface area contributed by atoms with Crippen LogP contribution in [0.15, 0.2) is 41.6 Å². The minimum absolute atomic E-state index is 0.0899. The first kappa shape index (κ1) is 15.3. The molecule has 0 aliphatic carbocycles. The molecule has 6 nitrogen and oxygen atoms in total. The highest BCUT2D eigenvalue weighted by atomic mass is 35.5. The first-order chi connectivity index (χ1) is 9.81. The van der Waals surface area contributed by atoms with Gasteiger partial charge in [-0.1, -0.05) is 17.7 Å². The lowest BCUT2D eigenvalue weighted by atomic mass is 10.2. The number of nitrogens with zero attached hydrogens (tertiary/aromatic N) is 1. The number of aromatic nitrogens is 1. The van der Waals surface area contributed by atoms with Gasteiger partial charge in [-0.15, -0.1) is 0 Å². The second kappa shape index (κ2) is 5.71.